The standard InChI is InChI=1S/3C2H5O.C2H6.Cr/c3*1-3-2;1-2;/h3*1H2,2H3;1-2H3;/q3*-1;;+3. The zero-order valence-electron chi connectivity index (χ0n) is 8.75. The molecule has 0 saturated heterocycles. The molecule has 0 aliphatic heterocycles. The summed E-state index contributed by atoms with van der Waals surface area (Å²) in [5.74, 6) is 0. The number of hydrogen-bond acceptors (Lipinski definition) is 3. The largest absolute Gasteiger partial charge is 3.00 e. The Morgan fingerprint density at radius 2 is 0.667 bits per heavy atom. The molecule has 3 nitrogen and oxygen atoms in total. The molecule has 0 aromatic heterocycles. The molecule has 0 N–H and O–H groups in total. The van der Waals surface area contributed by atoms with Gasteiger partial charge in [0.15, 0.2) is 0 Å². The molecule has 0 spiro atoms. The monoisotopic (exact) mass is 217 g/mol. The van der Waals surface area contributed by atoms with Gasteiger partial charge in [0.2, 0.25) is 0 Å². The van der Waals surface area contributed by atoms with Gasteiger partial charge in [0, 0.05) is 0 Å². The Balaban J connectivity index is -0.0000000179. The third kappa shape index (κ3) is 5420. The first kappa shape index (κ1) is 29.4. The van der Waals surface area contributed by atoms with Crippen molar-refractivity contribution in [2.24, 2.45) is 0 Å². The van der Waals surface area contributed by atoms with Gasteiger partial charge in [0.05, 0.1) is 0 Å². The molecule has 1 radical (unpaired) electrons. The van der Waals surface area contributed by atoms with E-state index in [2.05, 4.69) is 35.5 Å². The Labute approximate surface area is 88.5 Å². The van der Waals surface area contributed by atoms with Crippen molar-refractivity contribution in [1.29, 1.82) is 0 Å². The number of rotatable bonds is 0. The Morgan fingerprint density at radius 1 is 0.667 bits per heavy atom. The van der Waals surface area contributed by atoms with E-state index in [-0.39, 0.29) is 17.4 Å². The van der Waals surface area contributed by atoms with E-state index < -0.39 is 0 Å². The Kier molecular flexibility index (Phi) is 261. The maximum Gasteiger partial charge on any atom is 3.00 e. The van der Waals surface area contributed by atoms with Crippen molar-refractivity contribution in [1.82, 2.24) is 0 Å². The van der Waals surface area contributed by atoms with Crippen LogP contribution in [0.15, 0.2) is 0 Å². The summed E-state index contributed by atoms with van der Waals surface area (Å²) in [7, 11) is 13.5. The summed E-state index contributed by atoms with van der Waals surface area (Å²) in [6.45, 7) is 4.00. The first-order chi connectivity index (χ1) is 5.24. The molecule has 0 fully saturated rings. The molecule has 0 unspecified atom stereocenters. The van der Waals surface area contributed by atoms with Crippen LogP contribution < -0.4 is 0 Å². The van der Waals surface area contributed by atoms with Gasteiger partial charge in [-0.3, -0.25) is 0 Å². The summed E-state index contributed by atoms with van der Waals surface area (Å²) in [6, 6.07) is 0. The molecule has 0 rings (SSSR count). The second-order valence-corrected chi connectivity index (χ2v) is 0.866. The zero-order valence-corrected chi connectivity index (χ0v) is 10.0. The van der Waals surface area contributed by atoms with Crippen molar-refractivity contribution >= 4 is 0 Å². The van der Waals surface area contributed by atoms with Crippen LogP contribution in [0.5, 0.6) is 0 Å². The average molecular weight is 217 g/mol. The third-order valence-electron chi connectivity index (χ3n) is 0. The molecule has 0 saturated carbocycles. The van der Waals surface area contributed by atoms with Crippen molar-refractivity contribution in [2.45, 2.75) is 13.8 Å². The number of hydrogen-bond donors (Lipinski definition) is 0. The van der Waals surface area contributed by atoms with E-state index in [1.165, 1.54) is 21.3 Å². The summed E-state index contributed by atoms with van der Waals surface area (Å²) < 4.78 is 12.0. The fraction of sp³-hybridized carbons (Fsp3) is 0.625. The minimum absolute atomic E-state index is 0. The fourth-order valence-electron chi connectivity index (χ4n) is 0. The van der Waals surface area contributed by atoms with E-state index in [0.717, 1.165) is 0 Å². The van der Waals surface area contributed by atoms with Gasteiger partial charge in [-0.2, -0.15) is 0 Å². The molecule has 0 bridgehead atoms. The van der Waals surface area contributed by atoms with E-state index in [4.69, 9.17) is 0 Å². The van der Waals surface area contributed by atoms with Gasteiger partial charge in [0.25, 0.3) is 0 Å². The Hall–Kier alpha value is 0.412. The van der Waals surface area contributed by atoms with Gasteiger partial charge in [-0.25, -0.2) is 21.3 Å². The van der Waals surface area contributed by atoms with Crippen molar-refractivity contribution < 1.29 is 31.6 Å². The van der Waals surface area contributed by atoms with Crippen LogP contribution in [0.3, 0.4) is 0 Å². The van der Waals surface area contributed by atoms with E-state index >= 15 is 0 Å². The first-order valence-electron chi connectivity index (χ1n) is 3.09. The smallest absolute Gasteiger partial charge is 0.557 e. The zero-order chi connectivity index (χ0) is 10.1. The second-order valence-electron chi connectivity index (χ2n) is 0.866. The summed E-state index contributed by atoms with van der Waals surface area (Å²) in [5.41, 5.74) is 0. The van der Waals surface area contributed by atoms with Gasteiger partial charge in [-0.15, -0.1) is 0 Å². The van der Waals surface area contributed by atoms with Crippen LogP contribution in [0, 0.1) is 21.3 Å². The normalized spacial score (nSPS) is 5.00. The van der Waals surface area contributed by atoms with E-state index in [9.17, 15) is 0 Å². The molecule has 0 aliphatic carbocycles. The SMILES string of the molecule is CC.[CH2-]OC.[CH2-]OC.[CH2-]OC.[Cr+3]. The van der Waals surface area contributed by atoms with Crippen LogP contribution in [0.25, 0.3) is 0 Å². The molecule has 0 heterocycles. The molecule has 0 aromatic carbocycles. The molecule has 0 aliphatic rings. The molecule has 0 atom stereocenters. The van der Waals surface area contributed by atoms with E-state index in [1.807, 2.05) is 13.8 Å². The number of methoxy groups -OCH3 is 3. The molecule has 0 aromatic rings. The van der Waals surface area contributed by atoms with Crippen LogP contribution in [-0.2, 0) is 31.6 Å². The third-order valence-corrected chi connectivity index (χ3v) is 0. The van der Waals surface area contributed by atoms with Gasteiger partial charge in [-0.05, 0) is 21.3 Å². The van der Waals surface area contributed by atoms with Gasteiger partial charge >= 0.3 is 17.4 Å². The predicted octanol–water partition coefficient (Wildman–Crippen LogP) is 2.30. The van der Waals surface area contributed by atoms with Crippen LogP contribution in [-0.4, -0.2) is 21.3 Å². The Morgan fingerprint density at radius 3 is 0.667 bits per heavy atom. The second kappa shape index (κ2) is 106. The summed E-state index contributed by atoms with van der Waals surface area (Å²) in [6.07, 6.45) is 0. The van der Waals surface area contributed by atoms with Crippen LogP contribution in [0.4, 0.5) is 0 Å². The summed E-state index contributed by atoms with van der Waals surface area (Å²) in [5, 5.41) is 0. The van der Waals surface area contributed by atoms with Crippen LogP contribution in [0.1, 0.15) is 13.8 Å². The average Bonchev–Trinajstić information content (AvgIpc) is 1.96. The van der Waals surface area contributed by atoms with Crippen molar-refractivity contribution in [2.75, 3.05) is 21.3 Å². The van der Waals surface area contributed by atoms with Crippen LogP contribution in [0.2, 0.25) is 0 Å². The van der Waals surface area contributed by atoms with Gasteiger partial charge in [-0.1, -0.05) is 13.8 Å². The molecular formula is C8H21CrO3. The van der Waals surface area contributed by atoms with E-state index in [1.54, 1.807) is 0 Å². The molecule has 12 heavy (non-hydrogen) atoms. The maximum absolute atomic E-state index is 4.00. The van der Waals surface area contributed by atoms with Crippen LogP contribution >= 0.6 is 0 Å². The van der Waals surface area contributed by atoms with Crippen molar-refractivity contribution in [3.05, 3.63) is 21.3 Å². The molecule has 77 valence electrons. The first-order valence-corrected chi connectivity index (χ1v) is 3.09. The molecular weight excluding hydrogens is 196 g/mol. The fourth-order valence-corrected chi connectivity index (χ4v) is 0. The van der Waals surface area contributed by atoms with Crippen molar-refractivity contribution in [3.63, 3.8) is 0 Å². The van der Waals surface area contributed by atoms with Gasteiger partial charge in [0.1, 0.15) is 0 Å². The quantitative estimate of drug-likeness (QED) is 0.583. The summed E-state index contributed by atoms with van der Waals surface area (Å²) in [4.78, 5) is 0. The minimum Gasteiger partial charge on any atom is -0.557 e. The van der Waals surface area contributed by atoms with Crippen molar-refractivity contribution in [3.8, 4) is 0 Å². The Bertz CT molecular complexity index is 19.0. The topological polar surface area (TPSA) is 27.7 Å². The number of ether oxygens (including phenoxy) is 3. The molecule has 0 amide bonds. The van der Waals surface area contributed by atoms with Gasteiger partial charge < -0.3 is 14.2 Å². The van der Waals surface area contributed by atoms with E-state index in [0.29, 0.717) is 0 Å². The molecule has 4 heteroatoms. The maximum atomic E-state index is 4.00. The summed E-state index contributed by atoms with van der Waals surface area (Å²) >= 11 is 0. The minimum atomic E-state index is 0. The predicted molar refractivity (Wildman–Crippen MR) is 48.4 cm³/mol.